The Morgan fingerprint density at radius 2 is 1.40 bits per heavy atom. The number of amides is 1. The smallest absolute Gasteiger partial charge is 0.317 e. The first-order valence-corrected chi connectivity index (χ1v) is 10.2. The van der Waals surface area contributed by atoms with Gasteiger partial charge in [-0.05, 0) is 6.42 Å². The van der Waals surface area contributed by atoms with Crippen molar-refractivity contribution in [1.82, 2.24) is 19.0 Å². The second-order valence-corrected chi connectivity index (χ2v) is 8.20. The molecule has 0 aromatic heterocycles. The largest absolute Gasteiger partial charge is 0.480 e. The van der Waals surface area contributed by atoms with Crippen LogP contribution in [0.4, 0.5) is 0 Å². The van der Waals surface area contributed by atoms with Crippen LogP contribution in [0.2, 0.25) is 0 Å². The monoisotopic (exact) mass is 448 g/mol. The van der Waals surface area contributed by atoms with Gasteiger partial charge in [-0.3, -0.25) is 38.2 Å². The number of carboxylic acid groups (broad SMARTS) is 3. The van der Waals surface area contributed by atoms with E-state index < -0.39 is 17.9 Å². The van der Waals surface area contributed by atoms with Gasteiger partial charge in [0, 0.05) is 51.2 Å². The van der Waals surface area contributed by atoms with Gasteiger partial charge in [-0.1, -0.05) is 26.7 Å². The second kappa shape index (κ2) is 12.7. The number of carbonyl (C=O) groups excluding carboxylic acids is 1. The molecule has 3 N–H and O–H groups in total. The van der Waals surface area contributed by atoms with E-state index in [0.717, 1.165) is 0 Å². The standard InChI is InChI=1S/C18H32N4O7S/c1-13(2)18(29)22(30)4-3-14-9-20(11-16(25)26)6-5-19(10-15(23)24)7-8-21(14)12-17(27)28/h13-14,30H,3-12H2,1-2H3,(H,23,24)(H,25,26)(H,27,28). The Labute approximate surface area is 181 Å². The average molecular weight is 449 g/mol. The van der Waals surface area contributed by atoms with Crippen molar-refractivity contribution in [2.45, 2.75) is 26.3 Å². The molecule has 1 atom stereocenters. The Morgan fingerprint density at radius 1 is 0.900 bits per heavy atom. The number of hydrogen-bond acceptors (Lipinski definition) is 8. The van der Waals surface area contributed by atoms with Crippen molar-refractivity contribution >= 4 is 36.6 Å². The minimum Gasteiger partial charge on any atom is -0.480 e. The fraction of sp³-hybridized carbons (Fsp3) is 0.778. The lowest BCUT2D eigenvalue weighted by Gasteiger charge is -2.34. The molecule has 0 aliphatic carbocycles. The normalized spacial score (nSPS) is 19.7. The Hall–Kier alpha value is -1.89. The van der Waals surface area contributed by atoms with Crippen LogP contribution in [0.15, 0.2) is 0 Å². The van der Waals surface area contributed by atoms with Crippen molar-refractivity contribution in [3.63, 3.8) is 0 Å². The number of aliphatic carboxylic acids is 3. The average Bonchev–Trinajstić information content (AvgIpc) is 2.69. The van der Waals surface area contributed by atoms with Gasteiger partial charge in [-0.15, -0.1) is 0 Å². The minimum absolute atomic E-state index is 0.152. The van der Waals surface area contributed by atoms with Crippen molar-refractivity contribution < 1.29 is 34.5 Å². The molecule has 0 radical (unpaired) electrons. The molecule has 0 spiro atoms. The fourth-order valence-electron chi connectivity index (χ4n) is 3.37. The predicted octanol–water partition coefficient (Wildman–Crippen LogP) is -0.752. The zero-order chi connectivity index (χ0) is 22.8. The van der Waals surface area contributed by atoms with Crippen LogP contribution in [-0.4, -0.2) is 123 Å². The van der Waals surface area contributed by atoms with E-state index in [1.807, 2.05) is 0 Å². The molecule has 1 unspecified atom stereocenters. The van der Waals surface area contributed by atoms with Crippen LogP contribution >= 0.6 is 12.8 Å². The first-order chi connectivity index (χ1) is 14.0. The summed E-state index contributed by atoms with van der Waals surface area (Å²) in [6, 6.07) is -0.333. The Balaban J connectivity index is 3.03. The van der Waals surface area contributed by atoms with Crippen molar-refractivity contribution in [1.29, 1.82) is 0 Å². The Bertz CT molecular complexity index is 619. The number of nitrogens with zero attached hydrogens (tertiary/aromatic N) is 4. The molecule has 1 rings (SSSR count). The van der Waals surface area contributed by atoms with E-state index in [9.17, 15) is 29.4 Å². The van der Waals surface area contributed by atoms with Gasteiger partial charge in [0.15, 0.2) is 0 Å². The van der Waals surface area contributed by atoms with Crippen molar-refractivity contribution in [3.05, 3.63) is 0 Å². The van der Waals surface area contributed by atoms with Crippen LogP contribution in [0.25, 0.3) is 0 Å². The van der Waals surface area contributed by atoms with Crippen LogP contribution < -0.4 is 0 Å². The molecule has 1 saturated heterocycles. The number of carbonyl (C=O) groups is 4. The lowest BCUT2D eigenvalue weighted by Crippen LogP contribution is -2.49. The maximum atomic E-state index is 12.1. The molecule has 12 heteroatoms. The molecule has 11 nitrogen and oxygen atoms in total. The summed E-state index contributed by atoms with van der Waals surface area (Å²) in [4.78, 5) is 51.0. The quantitative estimate of drug-likeness (QED) is 0.315. The number of hydrogen-bond donors (Lipinski definition) is 4. The van der Waals surface area contributed by atoms with Crippen LogP contribution in [0, 0.1) is 5.92 Å². The summed E-state index contributed by atoms with van der Waals surface area (Å²) in [5.41, 5.74) is 0. The molecule has 0 aromatic carbocycles. The lowest BCUT2D eigenvalue weighted by molar-refractivity contribution is -0.141. The molecule has 1 amide bonds. The van der Waals surface area contributed by atoms with Gasteiger partial charge in [0.1, 0.15) is 0 Å². The van der Waals surface area contributed by atoms with Crippen molar-refractivity contribution in [2.24, 2.45) is 5.92 Å². The second-order valence-electron chi connectivity index (χ2n) is 7.72. The Morgan fingerprint density at radius 3 is 1.93 bits per heavy atom. The van der Waals surface area contributed by atoms with Gasteiger partial charge in [-0.2, -0.15) is 0 Å². The number of rotatable bonds is 10. The van der Waals surface area contributed by atoms with Crippen LogP contribution in [-0.2, 0) is 19.2 Å². The molecule has 1 aliphatic heterocycles. The summed E-state index contributed by atoms with van der Waals surface area (Å²) < 4.78 is 1.30. The summed E-state index contributed by atoms with van der Waals surface area (Å²) >= 11 is 4.23. The highest BCUT2D eigenvalue weighted by Gasteiger charge is 2.28. The summed E-state index contributed by atoms with van der Waals surface area (Å²) in [6.45, 7) is 4.72. The van der Waals surface area contributed by atoms with Gasteiger partial charge in [0.05, 0.1) is 19.6 Å². The van der Waals surface area contributed by atoms with Crippen molar-refractivity contribution in [3.8, 4) is 0 Å². The Kier molecular flexibility index (Phi) is 11.1. The van der Waals surface area contributed by atoms with E-state index in [-0.39, 0.29) is 50.6 Å². The highest BCUT2D eigenvalue weighted by molar-refractivity contribution is 7.78. The summed E-state index contributed by atoms with van der Waals surface area (Å²) in [6.07, 6.45) is 0.407. The first-order valence-electron chi connectivity index (χ1n) is 9.84. The zero-order valence-corrected chi connectivity index (χ0v) is 18.3. The fourth-order valence-corrected chi connectivity index (χ4v) is 3.72. The minimum atomic E-state index is -1.03. The van der Waals surface area contributed by atoms with E-state index >= 15 is 0 Å². The molecule has 1 fully saturated rings. The molecule has 0 aromatic rings. The molecule has 30 heavy (non-hydrogen) atoms. The molecule has 0 bridgehead atoms. The van der Waals surface area contributed by atoms with Crippen LogP contribution in [0.5, 0.6) is 0 Å². The summed E-state index contributed by atoms with van der Waals surface area (Å²) in [5, 5.41) is 27.7. The third-order valence-corrected chi connectivity index (χ3v) is 5.30. The maximum Gasteiger partial charge on any atom is 0.317 e. The van der Waals surface area contributed by atoms with Gasteiger partial charge in [0.25, 0.3) is 0 Å². The summed E-state index contributed by atoms with van der Waals surface area (Å²) in [5.74, 6) is -3.44. The van der Waals surface area contributed by atoms with E-state index in [1.54, 1.807) is 28.5 Å². The number of carboxylic acids is 3. The third kappa shape index (κ3) is 9.74. The molecule has 172 valence electrons. The molecular formula is C18H32N4O7S. The molecule has 0 saturated carbocycles. The van der Waals surface area contributed by atoms with E-state index in [4.69, 9.17) is 5.11 Å². The third-order valence-electron chi connectivity index (χ3n) is 4.90. The summed E-state index contributed by atoms with van der Waals surface area (Å²) in [7, 11) is 0. The van der Waals surface area contributed by atoms with Gasteiger partial charge < -0.3 is 15.3 Å². The molecule has 1 aliphatic rings. The van der Waals surface area contributed by atoms with E-state index in [0.29, 0.717) is 32.6 Å². The lowest BCUT2D eigenvalue weighted by atomic mass is 10.1. The highest BCUT2D eigenvalue weighted by Crippen LogP contribution is 2.14. The first kappa shape index (κ1) is 26.1. The van der Waals surface area contributed by atoms with Gasteiger partial charge in [-0.25, -0.2) is 0 Å². The molecular weight excluding hydrogens is 416 g/mol. The van der Waals surface area contributed by atoms with Crippen molar-refractivity contribution in [2.75, 3.05) is 58.9 Å². The van der Waals surface area contributed by atoms with Gasteiger partial charge >= 0.3 is 17.9 Å². The van der Waals surface area contributed by atoms with Crippen LogP contribution in [0.3, 0.4) is 0 Å². The SMILES string of the molecule is CC(C)C(=O)N(S)CCC1CN(CC(=O)O)CCN(CC(=O)O)CCN1CC(=O)O. The predicted molar refractivity (Wildman–Crippen MR) is 111 cm³/mol. The molecule has 1 heterocycles. The topological polar surface area (TPSA) is 142 Å². The number of thiol groups is 1. The maximum absolute atomic E-state index is 12.1. The van der Waals surface area contributed by atoms with E-state index in [1.165, 1.54) is 4.31 Å². The highest BCUT2D eigenvalue weighted by atomic mass is 32.1. The van der Waals surface area contributed by atoms with E-state index in [2.05, 4.69) is 12.8 Å². The van der Waals surface area contributed by atoms with Gasteiger partial charge in [0.2, 0.25) is 5.91 Å². The van der Waals surface area contributed by atoms with Crippen LogP contribution in [0.1, 0.15) is 20.3 Å². The zero-order valence-electron chi connectivity index (χ0n) is 17.4.